The second kappa shape index (κ2) is 5.57. The van der Waals surface area contributed by atoms with Crippen molar-refractivity contribution in [2.24, 2.45) is 7.05 Å². The molecule has 0 saturated carbocycles. The zero-order valence-electron chi connectivity index (χ0n) is 12.6. The Balaban J connectivity index is 2.01. The number of nitrogens with zero attached hydrogens (tertiary/aromatic N) is 4. The van der Waals surface area contributed by atoms with Crippen LogP contribution in [-0.2, 0) is 22.9 Å². The molecule has 7 nitrogen and oxygen atoms in total. The zero-order valence-corrected chi connectivity index (χ0v) is 12.6. The number of ether oxygens (including phenoxy) is 2. The van der Waals surface area contributed by atoms with E-state index in [1.54, 1.807) is 25.1 Å². The van der Waals surface area contributed by atoms with E-state index in [9.17, 15) is 4.79 Å². The van der Waals surface area contributed by atoms with Crippen molar-refractivity contribution in [3.05, 3.63) is 22.5 Å². The molecule has 7 heteroatoms. The maximum atomic E-state index is 12.3. The summed E-state index contributed by atoms with van der Waals surface area (Å²) in [5.74, 6) is 0.751. The van der Waals surface area contributed by atoms with E-state index in [1.165, 1.54) is 0 Å². The summed E-state index contributed by atoms with van der Waals surface area (Å²) < 4.78 is 14.5. The predicted octanol–water partition coefficient (Wildman–Crippen LogP) is 1.02. The van der Waals surface area contributed by atoms with E-state index in [-0.39, 0.29) is 17.9 Å². The van der Waals surface area contributed by atoms with Gasteiger partial charge in [-0.2, -0.15) is 0 Å². The van der Waals surface area contributed by atoms with Crippen molar-refractivity contribution in [3.63, 3.8) is 0 Å². The lowest BCUT2D eigenvalue weighted by Crippen LogP contribution is -2.23. The van der Waals surface area contributed by atoms with Gasteiger partial charge in [0.05, 0.1) is 19.0 Å². The summed E-state index contributed by atoms with van der Waals surface area (Å²) >= 11 is 0. The summed E-state index contributed by atoms with van der Waals surface area (Å²) in [6.45, 7) is 2.56. The van der Waals surface area contributed by atoms with Crippen LogP contribution in [-0.4, -0.2) is 38.9 Å². The fourth-order valence-electron chi connectivity index (χ4n) is 2.82. The first kappa shape index (κ1) is 14.2. The summed E-state index contributed by atoms with van der Waals surface area (Å²) in [5.41, 5.74) is 0.897. The quantitative estimate of drug-likeness (QED) is 0.841. The van der Waals surface area contributed by atoms with Gasteiger partial charge in [-0.3, -0.25) is 13.9 Å². The average molecular weight is 292 g/mol. The molecule has 0 aromatic carbocycles. The number of fused-ring (bicyclic) bond motifs is 1. The maximum Gasteiger partial charge on any atom is 0.281 e. The Hall–Kier alpha value is -1.73. The lowest BCUT2D eigenvalue weighted by molar-refractivity contribution is -0.0300. The normalized spacial score (nSPS) is 22.2. The number of aryl methyl sites for hydroxylation is 1. The van der Waals surface area contributed by atoms with Gasteiger partial charge in [-0.25, -0.2) is 9.97 Å². The second-order valence-corrected chi connectivity index (χ2v) is 5.32. The van der Waals surface area contributed by atoms with Crippen molar-refractivity contribution in [1.82, 2.24) is 19.1 Å². The summed E-state index contributed by atoms with van der Waals surface area (Å²) in [6.07, 6.45) is 4.12. The fraction of sp³-hybridized carbons (Fsp3) is 0.643. The molecule has 21 heavy (non-hydrogen) atoms. The molecule has 3 rings (SSSR count). The first-order chi connectivity index (χ1) is 10.2. The van der Waals surface area contributed by atoms with E-state index in [1.807, 2.05) is 11.5 Å². The molecule has 2 aromatic heterocycles. The largest absolute Gasteiger partial charge is 0.382 e. The highest BCUT2D eigenvalue weighted by Gasteiger charge is 2.28. The van der Waals surface area contributed by atoms with Crippen molar-refractivity contribution in [2.75, 3.05) is 13.7 Å². The third-order valence-corrected chi connectivity index (χ3v) is 3.96. The Kier molecular flexibility index (Phi) is 3.77. The fourth-order valence-corrected chi connectivity index (χ4v) is 2.82. The Morgan fingerprint density at radius 3 is 3.00 bits per heavy atom. The molecule has 0 bridgehead atoms. The molecule has 0 radical (unpaired) electrons. The van der Waals surface area contributed by atoms with Gasteiger partial charge in [0.15, 0.2) is 11.2 Å². The van der Waals surface area contributed by atoms with E-state index in [2.05, 4.69) is 9.97 Å². The molecule has 0 aliphatic carbocycles. The predicted molar refractivity (Wildman–Crippen MR) is 77.2 cm³/mol. The SMILES string of the molecule is CCc1nc2c(ncn2[C@H]2CCC(COC)O2)c(=O)n1C. The highest BCUT2D eigenvalue weighted by Crippen LogP contribution is 2.30. The molecule has 114 valence electrons. The number of methoxy groups -OCH3 is 1. The molecule has 1 unspecified atom stereocenters. The van der Waals surface area contributed by atoms with E-state index < -0.39 is 0 Å². The third-order valence-electron chi connectivity index (χ3n) is 3.96. The van der Waals surface area contributed by atoms with Gasteiger partial charge in [-0.15, -0.1) is 0 Å². The van der Waals surface area contributed by atoms with Gasteiger partial charge in [-0.1, -0.05) is 6.92 Å². The van der Waals surface area contributed by atoms with Crippen LogP contribution in [0.25, 0.3) is 11.2 Å². The Morgan fingerprint density at radius 1 is 1.48 bits per heavy atom. The number of imidazole rings is 1. The molecule has 0 N–H and O–H groups in total. The molecular formula is C14H20N4O3. The minimum absolute atomic E-state index is 0.0923. The van der Waals surface area contributed by atoms with Crippen molar-refractivity contribution in [2.45, 2.75) is 38.5 Å². The van der Waals surface area contributed by atoms with Gasteiger partial charge in [0.25, 0.3) is 5.56 Å². The van der Waals surface area contributed by atoms with Crippen molar-refractivity contribution < 1.29 is 9.47 Å². The molecule has 1 saturated heterocycles. The van der Waals surface area contributed by atoms with Crippen LogP contribution >= 0.6 is 0 Å². The first-order valence-electron chi connectivity index (χ1n) is 7.22. The van der Waals surface area contributed by atoms with Gasteiger partial charge < -0.3 is 9.47 Å². The number of hydrogen-bond acceptors (Lipinski definition) is 5. The number of rotatable bonds is 4. The van der Waals surface area contributed by atoms with Crippen LogP contribution in [0.3, 0.4) is 0 Å². The Bertz CT molecular complexity index is 706. The van der Waals surface area contributed by atoms with Crippen LogP contribution in [0.2, 0.25) is 0 Å². The van der Waals surface area contributed by atoms with Crippen LogP contribution in [0.5, 0.6) is 0 Å². The molecule has 1 aliphatic rings. The highest BCUT2D eigenvalue weighted by atomic mass is 16.5. The van der Waals surface area contributed by atoms with Crippen molar-refractivity contribution in [1.29, 1.82) is 0 Å². The summed E-state index contributed by atoms with van der Waals surface area (Å²) in [4.78, 5) is 21.1. The topological polar surface area (TPSA) is 71.2 Å². The summed E-state index contributed by atoms with van der Waals surface area (Å²) in [5, 5.41) is 0. The van der Waals surface area contributed by atoms with Crippen LogP contribution in [0.4, 0.5) is 0 Å². The average Bonchev–Trinajstić information content (AvgIpc) is 3.09. The Labute approximate surface area is 122 Å². The van der Waals surface area contributed by atoms with Crippen LogP contribution in [0.15, 0.2) is 11.1 Å². The molecular weight excluding hydrogens is 272 g/mol. The van der Waals surface area contributed by atoms with E-state index in [4.69, 9.17) is 9.47 Å². The Morgan fingerprint density at radius 2 is 2.29 bits per heavy atom. The van der Waals surface area contributed by atoms with Crippen LogP contribution in [0.1, 0.15) is 31.8 Å². The van der Waals surface area contributed by atoms with Gasteiger partial charge in [-0.05, 0) is 12.8 Å². The lowest BCUT2D eigenvalue weighted by Gasteiger charge is -2.15. The minimum atomic E-state index is -0.125. The molecule has 1 aliphatic heterocycles. The van der Waals surface area contributed by atoms with E-state index >= 15 is 0 Å². The molecule has 0 spiro atoms. The lowest BCUT2D eigenvalue weighted by atomic mass is 10.2. The summed E-state index contributed by atoms with van der Waals surface area (Å²) in [7, 11) is 3.40. The van der Waals surface area contributed by atoms with Crippen LogP contribution < -0.4 is 5.56 Å². The smallest absolute Gasteiger partial charge is 0.281 e. The van der Waals surface area contributed by atoms with Gasteiger partial charge in [0, 0.05) is 20.6 Å². The zero-order chi connectivity index (χ0) is 15.0. The highest BCUT2D eigenvalue weighted by molar-refractivity contribution is 5.69. The van der Waals surface area contributed by atoms with Crippen molar-refractivity contribution >= 4 is 11.2 Å². The molecule has 2 aromatic rings. The minimum Gasteiger partial charge on any atom is -0.382 e. The third kappa shape index (κ3) is 2.36. The van der Waals surface area contributed by atoms with Crippen LogP contribution in [0, 0.1) is 0 Å². The monoisotopic (exact) mass is 292 g/mol. The maximum absolute atomic E-state index is 12.3. The van der Waals surface area contributed by atoms with Crippen molar-refractivity contribution in [3.8, 4) is 0 Å². The second-order valence-electron chi connectivity index (χ2n) is 5.32. The number of hydrogen-bond donors (Lipinski definition) is 0. The van der Waals surface area contributed by atoms with Gasteiger partial charge in [0.1, 0.15) is 12.1 Å². The van der Waals surface area contributed by atoms with Gasteiger partial charge >= 0.3 is 0 Å². The van der Waals surface area contributed by atoms with E-state index in [0.717, 1.165) is 18.7 Å². The summed E-state index contributed by atoms with van der Waals surface area (Å²) in [6, 6.07) is 0. The molecule has 1 fully saturated rings. The number of aromatic nitrogens is 4. The van der Waals surface area contributed by atoms with E-state index in [0.29, 0.717) is 24.2 Å². The first-order valence-corrected chi connectivity index (χ1v) is 7.22. The van der Waals surface area contributed by atoms with Gasteiger partial charge in [0.2, 0.25) is 0 Å². The molecule has 3 heterocycles. The standard InChI is InChI=1S/C14H20N4O3/c1-4-10-16-13-12(14(19)17(10)2)15-8-18(13)11-6-5-9(21-11)7-20-3/h8-9,11H,4-7H2,1-3H3/t9?,11-/m1/s1. The molecule has 2 atom stereocenters. The molecule has 0 amide bonds.